The normalized spacial score (nSPS) is 12.5. The molecule has 0 aliphatic carbocycles. The maximum Gasteiger partial charge on any atom is 0.175 e. The Morgan fingerprint density at radius 2 is 2.12 bits per heavy atom. The van der Waals surface area contributed by atoms with Gasteiger partial charge in [-0.1, -0.05) is 17.7 Å². The zero-order chi connectivity index (χ0) is 12.8. The van der Waals surface area contributed by atoms with Crippen LogP contribution in [0.15, 0.2) is 18.2 Å². The van der Waals surface area contributed by atoms with E-state index in [0.717, 1.165) is 28.9 Å². The second-order valence-corrected chi connectivity index (χ2v) is 5.72. The minimum absolute atomic E-state index is 0.0398. The van der Waals surface area contributed by atoms with Crippen LogP contribution in [-0.2, 0) is 0 Å². The van der Waals surface area contributed by atoms with E-state index in [1.54, 1.807) is 11.8 Å². The van der Waals surface area contributed by atoms with Crippen LogP contribution in [0.5, 0.6) is 0 Å². The summed E-state index contributed by atoms with van der Waals surface area (Å²) in [7, 11) is 0. The van der Waals surface area contributed by atoms with Crippen molar-refractivity contribution in [3.05, 3.63) is 34.9 Å². The van der Waals surface area contributed by atoms with Crippen LogP contribution >= 0.6 is 11.8 Å². The molecular weight excluding hydrogens is 232 g/mol. The zero-order valence-electron chi connectivity index (χ0n) is 10.7. The molecule has 2 nitrogen and oxygen atoms in total. The quantitative estimate of drug-likeness (QED) is 0.624. The first-order chi connectivity index (χ1) is 8.06. The van der Waals surface area contributed by atoms with Crippen LogP contribution in [0.3, 0.4) is 0 Å². The molecule has 1 rings (SSSR count). The lowest BCUT2D eigenvalue weighted by Gasteiger charge is -2.12. The highest BCUT2D eigenvalue weighted by Crippen LogP contribution is 2.20. The number of ketones is 1. The highest BCUT2D eigenvalue weighted by Gasteiger charge is 2.17. The first kappa shape index (κ1) is 14.3. The highest BCUT2D eigenvalue weighted by molar-refractivity contribution is 8.00. The summed E-state index contributed by atoms with van der Waals surface area (Å²) in [5.41, 5.74) is 2.98. The fraction of sp³-hybridized carbons (Fsp3) is 0.500. The number of hydrogen-bond acceptors (Lipinski definition) is 3. The smallest absolute Gasteiger partial charge is 0.175 e. The van der Waals surface area contributed by atoms with Crippen LogP contribution in [0.25, 0.3) is 0 Å². The van der Waals surface area contributed by atoms with E-state index >= 15 is 0 Å². The molecule has 0 aromatic heterocycles. The van der Waals surface area contributed by atoms with Gasteiger partial charge in [-0.05, 0) is 44.6 Å². The summed E-state index contributed by atoms with van der Waals surface area (Å²) in [6, 6.07) is 5.98. The molecule has 1 N–H and O–H groups in total. The van der Waals surface area contributed by atoms with E-state index in [1.165, 1.54) is 0 Å². The van der Waals surface area contributed by atoms with Gasteiger partial charge in [0.2, 0.25) is 0 Å². The number of carbonyl (C=O) groups excluding carboxylic acids is 1. The Hall–Kier alpha value is -0.800. The molecule has 1 aromatic carbocycles. The predicted octanol–water partition coefficient (Wildman–Crippen LogP) is 2.99. The molecule has 0 saturated carbocycles. The van der Waals surface area contributed by atoms with Crippen molar-refractivity contribution in [3.63, 3.8) is 0 Å². The Bertz CT molecular complexity index is 388. The van der Waals surface area contributed by atoms with Crippen LogP contribution in [0.1, 0.15) is 34.8 Å². The van der Waals surface area contributed by atoms with Crippen molar-refractivity contribution in [1.29, 1.82) is 0 Å². The second kappa shape index (κ2) is 6.82. The van der Waals surface area contributed by atoms with Crippen LogP contribution in [-0.4, -0.2) is 28.5 Å². The van der Waals surface area contributed by atoms with Gasteiger partial charge in [-0.25, -0.2) is 0 Å². The Morgan fingerprint density at radius 1 is 1.41 bits per heavy atom. The molecule has 0 saturated heterocycles. The van der Waals surface area contributed by atoms with Gasteiger partial charge in [-0.15, -0.1) is 0 Å². The van der Waals surface area contributed by atoms with Crippen molar-refractivity contribution in [2.24, 2.45) is 0 Å². The molecule has 0 fully saturated rings. The molecule has 0 spiro atoms. The standard InChI is InChI=1S/C14H20O2S/c1-10-5-6-11(2)13(9-10)14(16)12(3)17-8-4-7-15/h5-6,9,12,15H,4,7-8H2,1-3H3. The number of Topliss-reactive ketones (excluding diaryl/α,β-unsaturated/α-hetero) is 1. The van der Waals surface area contributed by atoms with Crippen LogP contribution in [0.2, 0.25) is 0 Å². The van der Waals surface area contributed by atoms with E-state index in [1.807, 2.05) is 39.0 Å². The summed E-state index contributed by atoms with van der Waals surface area (Å²) >= 11 is 1.61. The monoisotopic (exact) mass is 252 g/mol. The summed E-state index contributed by atoms with van der Waals surface area (Å²) in [6.45, 7) is 6.10. The third-order valence-electron chi connectivity index (χ3n) is 2.70. The SMILES string of the molecule is Cc1ccc(C)c(C(=O)C(C)SCCCO)c1. The molecule has 0 radical (unpaired) electrons. The van der Waals surface area contributed by atoms with E-state index in [0.29, 0.717) is 0 Å². The zero-order valence-corrected chi connectivity index (χ0v) is 11.5. The maximum absolute atomic E-state index is 12.2. The second-order valence-electron chi connectivity index (χ2n) is 4.27. The first-order valence-corrected chi connectivity index (χ1v) is 6.95. The number of thioether (sulfide) groups is 1. The van der Waals surface area contributed by atoms with Crippen LogP contribution < -0.4 is 0 Å². The van der Waals surface area contributed by atoms with E-state index in [-0.39, 0.29) is 17.6 Å². The van der Waals surface area contributed by atoms with Crippen molar-refractivity contribution >= 4 is 17.5 Å². The molecule has 0 amide bonds. The van der Waals surface area contributed by atoms with Crippen LogP contribution in [0.4, 0.5) is 0 Å². The lowest BCUT2D eigenvalue weighted by molar-refractivity contribution is 0.0993. The average molecular weight is 252 g/mol. The molecule has 0 heterocycles. The fourth-order valence-corrected chi connectivity index (χ4v) is 2.55. The van der Waals surface area contributed by atoms with E-state index in [2.05, 4.69) is 0 Å². The predicted molar refractivity (Wildman–Crippen MR) is 73.9 cm³/mol. The summed E-state index contributed by atoms with van der Waals surface area (Å²) in [5.74, 6) is 1.02. The van der Waals surface area contributed by atoms with Gasteiger partial charge in [0.25, 0.3) is 0 Å². The average Bonchev–Trinajstić information content (AvgIpc) is 2.31. The number of aliphatic hydroxyl groups is 1. The number of carbonyl (C=O) groups is 1. The third-order valence-corrected chi connectivity index (χ3v) is 3.94. The van der Waals surface area contributed by atoms with Gasteiger partial charge in [0.15, 0.2) is 5.78 Å². The van der Waals surface area contributed by atoms with Gasteiger partial charge in [0.05, 0.1) is 5.25 Å². The number of aliphatic hydroxyl groups excluding tert-OH is 1. The van der Waals surface area contributed by atoms with Crippen LogP contribution in [0, 0.1) is 13.8 Å². The molecule has 1 unspecified atom stereocenters. The summed E-state index contributed by atoms with van der Waals surface area (Å²) in [4.78, 5) is 12.2. The molecule has 1 aromatic rings. The van der Waals surface area contributed by atoms with Gasteiger partial charge in [0.1, 0.15) is 0 Å². The Morgan fingerprint density at radius 3 is 2.76 bits per heavy atom. The van der Waals surface area contributed by atoms with Crippen molar-refractivity contribution in [3.8, 4) is 0 Å². The number of rotatable bonds is 6. The molecule has 17 heavy (non-hydrogen) atoms. The maximum atomic E-state index is 12.2. The molecule has 1 atom stereocenters. The van der Waals surface area contributed by atoms with Crippen molar-refractivity contribution < 1.29 is 9.90 Å². The summed E-state index contributed by atoms with van der Waals surface area (Å²) < 4.78 is 0. The largest absolute Gasteiger partial charge is 0.396 e. The minimum Gasteiger partial charge on any atom is -0.396 e. The van der Waals surface area contributed by atoms with E-state index in [9.17, 15) is 4.79 Å². The Labute approximate surface area is 107 Å². The van der Waals surface area contributed by atoms with Gasteiger partial charge >= 0.3 is 0 Å². The van der Waals surface area contributed by atoms with Gasteiger partial charge in [-0.3, -0.25) is 4.79 Å². The lowest BCUT2D eigenvalue weighted by atomic mass is 10.0. The van der Waals surface area contributed by atoms with Crippen molar-refractivity contribution in [2.45, 2.75) is 32.4 Å². The minimum atomic E-state index is -0.0398. The summed E-state index contributed by atoms with van der Waals surface area (Å²) in [6.07, 6.45) is 0.745. The summed E-state index contributed by atoms with van der Waals surface area (Å²) in [5, 5.41) is 8.68. The fourth-order valence-electron chi connectivity index (χ4n) is 1.62. The third kappa shape index (κ3) is 4.17. The Balaban J connectivity index is 2.71. The van der Waals surface area contributed by atoms with E-state index < -0.39 is 0 Å². The van der Waals surface area contributed by atoms with E-state index in [4.69, 9.17) is 5.11 Å². The molecular formula is C14H20O2S. The van der Waals surface area contributed by atoms with Gasteiger partial charge < -0.3 is 5.11 Å². The van der Waals surface area contributed by atoms with Gasteiger partial charge in [0, 0.05) is 12.2 Å². The molecule has 0 aliphatic heterocycles. The first-order valence-electron chi connectivity index (χ1n) is 5.90. The molecule has 94 valence electrons. The number of aryl methyl sites for hydroxylation is 2. The number of benzene rings is 1. The highest BCUT2D eigenvalue weighted by atomic mass is 32.2. The van der Waals surface area contributed by atoms with Crippen molar-refractivity contribution in [2.75, 3.05) is 12.4 Å². The number of hydrogen-bond donors (Lipinski definition) is 1. The molecule has 3 heteroatoms. The van der Waals surface area contributed by atoms with Gasteiger partial charge in [-0.2, -0.15) is 11.8 Å². The Kier molecular flexibility index (Phi) is 5.72. The van der Waals surface area contributed by atoms with Crippen molar-refractivity contribution in [1.82, 2.24) is 0 Å². The topological polar surface area (TPSA) is 37.3 Å². The molecule has 0 bridgehead atoms. The molecule has 0 aliphatic rings. The lowest BCUT2D eigenvalue weighted by Crippen LogP contribution is -2.15.